The molecule has 0 N–H and O–H groups in total. The zero-order valence-electron chi connectivity index (χ0n) is 11.3. The molecule has 0 atom stereocenters. The molecule has 1 rings (SSSR count). The monoisotopic (exact) mass is 247 g/mol. The van der Waals surface area contributed by atoms with Gasteiger partial charge in [0.05, 0.1) is 5.60 Å². The number of allylic oxidation sites excluding steroid dienone is 2. The first-order valence-electron chi connectivity index (χ1n) is 6.25. The van der Waals surface area contributed by atoms with Crippen LogP contribution in [0.1, 0.15) is 44.1 Å². The van der Waals surface area contributed by atoms with Gasteiger partial charge in [-0.15, -0.1) is 0 Å². The second-order valence-corrected chi connectivity index (χ2v) is 5.08. The van der Waals surface area contributed by atoms with Crippen LogP contribution in [0, 0.1) is 0 Å². The Bertz CT molecular complexity index is 391. The van der Waals surface area contributed by atoms with Crippen molar-refractivity contribution in [1.29, 1.82) is 0 Å². The van der Waals surface area contributed by atoms with E-state index in [4.69, 9.17) is 4.74 Å². The van der Waals surface area contributed by atoms with Gasteiger partial charge in [0, 0.05) is 12.8 Å². The van der Waals surface area contributed by atoms with Crippen LogP contribution in [-0.4, -0.2) is 23.0 Å². The Morgan fingerprint density at radius 3 is 2.78 bits per heavy atom. The van der Waals surface area contributed by atoms with E-state index in [9.17, 15) is 4.79 Å². The van der Waals surface area contributed by atoms with Gasteiger partial charge in [-0.2, -0.15) is 0 Å². The van der Waals surface area contributed by atoms with Crippen molar-refractivity contribution in [2.24, 2.45) is 0 Å². The standard InChI is InChI=1S/C15H21NO2/c1-15(2,3)18-12-8-4-5-10-14(17)13-9-6-7-11-16-13/h5-7,9-11H,4,8,12H2,1-3H3/b10-5+. The summed E-state index contributed by atoms with van der Waals surface area (Å²) in [6.45, 7) is 6.82. The molecule has 18 heavy (non-hydrogen) atoms. The van der Waals surface area contributed by atoms with Crippen LogP contribution >= 0.6 is 0 Å². The molecule has 1 heterocycles. The van der Waals surface area contributed by atoms with Gasteiger partial charge in [0.25, 0.3) is 0 Å². The van der Waals surface area contributed by atoms with E-state index < -0.39 is 0 Å². The van der Waals surface area contributed by atoms with Gasteiger partial charge in [-0.05, 0) is 51.8 Å². The van der Waals surface area contributed by atoms with E-state index in [0.717, 1.165) is 12.8 Å². The summed E-state index contributed by atoms with van der Waals surface area (Å²) in [5.41, 5.74) is 0.396. The van der Waals surface area contributed by atoms with Crippen molar-refractivity contribution in [3.05, 3.63) is 42.2 Å². The van der Waals surface area contributed by atoms with E-state index in [0.29, 0.717) is 12.3 Å². The molecule has 3 heteroatoms. The number of hydrogen-bond acceptors (Lipinski definition) is 3. The predicted octanol–water partition coefficient (Wildman–Crippen LogP) is 3.42. The molecule has 0 unspecified atom stereocenters. The molecule has 98 valence electrons. The molecule has 0 aliphatic heterocycles. The second-order valence-electron chi connectivity index (χ2n) is 5.08. The first kappa shape index (κ1) is 14.6. The maximum Gasteiger partial charge on any atom is 0.203 e. The number of unbranched alkanes of at least 4 members (excludes halogenated alkanes) is 1. The number of aromatic nitrogens is 1. The molecule has 0 bridgehead atoms. The molecule has 0 saturated heterocycles. The van der Waals surface area contributed by atoms with Gasteiger partial charge in [-0.1, -0.05) is 12.1 Å². The highest BCUT2D eigenvalue weighted by Gasteiger charge is 2.08. The van der Waals surface area contributed by atoms with Crippen LogP contribution in [0.25, 0.3) is 0 Å². The number of ether oxygens (including phenoxy) is 1. The summed E-state index contributed by atoms with van der Waals surface area (Å²) >= 11 is 0. The summed E-state index contributed by atoms with van der Waals surface area (Å²) in [5.74, 6) is -0.0488. The van der Waals surface area contributed by atoms with Crippen molar-refractivity contribution in [2.45, 2.75) is 39.2 Å². The summed E-state index contributed by atoms with van der Waals surface area (Å²) in [7, 11) is 0. The van der Waals surface area contributed by atoms with E-state index in [1.807, 2.05) is 32.9 Å². The van der Waals surface area contributed by atoms with Gasteiger partial charge in [0.2, 0.25) is 5.78 Å². The summed E-state index contributed by atoms with van der Waals surface area (Å²) in [6.07, 6.45) is 6.85. The molecule has 3 nitrogen and oxygen atoms in total. The van der Waals surface area contributed by atoms with Crippen LogP contribution in [0.5, 0.6) is 0 Å². The van der Waals surface area contributed by atoms with Crippen molar-refractivity contribution < 1.29 is 9.53 Å². The van der Waals surface area contributed by atoms with Crippen LogP contribution in [0.4, 0.5) is 0 Å². The quantitative estimate of drug-likeness (QED) is 0.439. The summed E-state index contributed by atoms with van der Waals surface area (Å²) in [4.78, 5) is 15.7. The Hall–Kier alpha value is -1.48. The molecule has 1 aromatic heterocycles. The summed E-state index contributed by atoms with van der Waals surface area (Å²) in [5, 5.41) is 0. The SMILES string of the molecule is CC(C)(C)OCCC/C=C/C(=O)c1ccccn1. The molecular formula is C15H21NO2. The Morgan fingerprint density at radius 2 is 2.17 bits per heavy atom. The van der Waals surface area contributed by atoms with Crippen LogP contribution in [0.15, 0.2) is 36.5 Å². The predicted molar refractivity (Wildman–Crippen MR) is 72.6 cm³/mol. The van der Waals surface area contributed by atoms with Crippen molar-refractivity contribution in [3.8, 4) is 0 Å². The molecular weight excluding hydrogens is 226 g/mol. The fraction of sp³-hybridized carbons (Fsp3) is 0.467. The lowest BCUT2D eigenvalue weighted by atomic mass is 10.2. The number of pyridine rings is 1. The lowest BCUT2D eigenvalue weighted by molar-refractivity contribution is -0.00363. The minimum Gasteiger partial charge on any atom is -0.376 e. The topological polar surface area (TPSA) is 39.2 Å². The third-order valence-corrected chi connectivity index (χ3v) is 2.24. The number of hydrogen-bond donors (Lipinski definition) is 0. The fourth-order valence-electron chi connectivity index (χ4n) is 1.36. The van der Waals surface area contributed by atoms with Gasteiger partial charge in [-0.3, -0.25) is 9.78 Å². The Kier molecular flexibility index (Phi) is 5.72. The van der Waals surface area contributed by atoms with E-state index in [1.54, 1.807) is 24.4 Å². The maximum absolute atomic E-state index is 11.7. The van der Waals surface area contributed by atoms with Crippen molar-refractivity contribution in [1.82, 2.24) is 4.98 Å². The van der Waals surface area contributed by atoms with Gasteiger partial charge < -0.3 is 4.74 Å². The first-order chi connectivity index (χ1) is 8.49. The largest absolute Gasteiger partial charge is 0.376 e. The molecule has 0 radical (unpaired) electrons. The van der Waals surface area contributed by atoms with Gasteiger partial charge in [-0.25, -0.2) is 0 Å². The van der Waals surface area contributed by atoms with Crippen molar-refractivity contribution in [3.63, 3.8) is 0 Å². The zero-order valence-corrected chi connectivity index (χ0v) is 11.3. The number of nitrogens with zero attached hydrogens (tertiary/aromatic N) is 1. The molecule has 0 aromatic carbocycles. The minimum atomic E-state index is -0.0898. The van der Waals surface area contributed by atoms with E-state index in [-0.39, 0.29) is 11.4 Å². The second kappa shape index (κ2) is 7.07. The molecule has 0 spiro atoms. The molecule has 0 amide bonds. The first-order valence-corrected chi connectivity index (χ1v) is 6.25. The number of carbonyl (C=O) groups excluding carboxylic acids is 1. The Balaban J connectivity index is 2.23. The normalized spacial score (nSPS) is 11.9. The average Bonchev–Trinajstić information content (AvgIpc) is 2.33. The van der Waals surface area contributed by atoms with Crippen LogP contribution in [-0.2, 0) is 4.74 Å². The van der Waals surface area contributed by atoms with Gasteiger partial charge >= 0.3 is 0 Å². The molecule has 1 aromatic rings. The van der Waals surface area contributed by atoms with Crippen molar-refractivity contribution >= 4 is 5.78 Å². The maximum atomic E-state index is 11.7. The molecule has 0 aliphatic rings. The minimum absolute atomic E-state index is 0.0488. The number of rotatable bonds is 6. The average molecular weight is 247 g/mol. The third-order valence-electron chi connectivity index (χ3n) is 2.24. The molecule has 0 aliphatic carbocycles. The van der Waals surface area contributed by atoms with Crippen molar-refractivity contribution in [2.75, 3.05) is 6.61 Å². The molecule has 0 saturated carbocycles. The number of carbonyl (C=O) groups is 1. The lowest BCUT2D eigenvalue weighted by Gasteiger charge is -2.18. The number of ketones is 1. The zero-order chi connectivity index (χ0) is 13.4. The van der Waals surface area contributed by atoms with Crippen LogP contribution < -0.4 is 0 Å². The lowest BCUT2D eigenvalue weighted by Crippen LogP contribution is -2.19. The highest BCUT2D eigenvalue weighted by atomic mass is 16.5. The van der Waals surface area contributed by atoms with E-state index in [1.165, 1.54) is 0 Å². The van der Waals surface area contributed by atoms with E-state index >= 15 is 0 Å². The van der Waals surface area contributed by atoms with Crippen LogP contribution in [0.3, 0.4) is 0 Å². The summed E-state index contributed by atoms with van der Waals surface area (Å²) in [6, 6.07) is 5.32. The Morgan fingerprint density at radius 1 is 1.39 bits per heavy atom. The van der Waals surface area contributed by atoms with Gasteiger partial charge in [0.1, 0.15) is 5.69 Å². The fourth-order valence-corrected chi connectivity index (χ4v) is 1.36. The highest BCUT2D eigenvalue weighted by Crippen LogP contribution is 2.07. The van der Waals surface area contributed by atoms with Crippen LogP contribution in [0.2, 0.25) is 0 Å². The third kappa shape index (κ3) is 6.30. The smallest absolute Gasteiger partial charge is 0.203 e. The van der Waals surface area contributed by atoms with Gasteiger partial charge in [0.15, 0.2) is 0 Å². The Labute approximate surface area is 109 Å². The summed E-state index contributed by atoms with van der Waals surface area (Å²) < 4.78 is 5.59. The highest BCUT2D eigenvalue weighted by molar-refractivity contribution is 6.02. The van der Waals surface area contributed by atoms with E-state index in [2.05, 4.69) is 4.98 Å². The molecule has 0 fully saturated rings.